The minimum atomic E-state index is -1.11. The third-order valence-electron chi connectivity index (χ3n) is 10.4. The summed E-state index contributed by atoms with van der Waals surface area (Å²) >= 11 is 12.0. The van der Waals surface area contributed by atoms with Crippen molar-refractivity contribution in [1.29, 1.82) is 0 Å². The van der Waals surface area contributed by atoms with Crippen LogP contribution in [-0.2, 0) is 41.7 Å². The van der Waals surface area contributed by atoms with Gasteiger partial charge in [-0.3, -0.25) is 24.0 Å². The molecule has 0 saturated carbocycles. The second-order valence-corrected chi connectivity index (χ2v) is 15.3. The molecule has 2 saturated heterocycles. The van der Waals surface area contributed by atoms with Gasteiger partial charge in [0.2, 0.25) is 23.6 Å². The summed E-state index contributed by atoms with van der Waals surface area (Å²) in [7, 11) is 0. The maximum absolute atomic E-state index is 15.0. The van der Waals surface area contributed by atoms with Crippen LogP contribution in [0.2, 0.25) is 10.0 Å². The molecule has 14 heteroatoms. The Morgan fingerprint density at radius 2 is 1.65 bits per heavy atom. The van der Waals surface area contributed by atoms with Crippen molar-refractivity contribution in [3.63, 3.8) is 0 Å². The molecule has 0 radical (unpaired) electrons. The molecule has 2 unspecified atom stereocenters. The zero-order valence-corrected chi connectivity index (χ0v) is 31.5. The Labute approximate surface area is 314 Å². The van der Waals surface area contributed by atoms with Gasteiger partial charge in [0.1, 0.15) is 18.2 Å². The van der Waals surface area contributed by atoms with Gasteiger partial charge in [0, 0.05) is 64.4 Å². The number of hydrogen-bond donors (Lipinski definition) is 2. The Balaban J connectivity index is 1.32. The molecule has 2 aromatic carbocycles. The highest BCUT2D eigenvalue weighted by Crippen LogP contribution is 2.31. The van der Waals surface area contributed by atoms with Crippen LogP contribution in [-0.4, -0.2) is 94.2 Å². The third-order valence-corrected chi connectivity index (χ3v) is 11.2. The number of fused-ring (bicyclic) bond motifs is 1. The monoisotopic (exact) mass is 759 g/mol. The normalized spacial score (nSPS) is 19.7. The number of likely N-dealkylation sites (tertiary alicyclic amines) is 2. The van der Waals surface area contributed by atoms with Crippen molar-refractivity contribution in [1.82, 2.24) is 20.0 Å². The number of benzene rings is 2. The van der Waals surface area contributed by atoms with Crippen LogP contribution in [0.4, 0.5) is 10.1 Å². The Kier molecular flexibility index (Phi) is 13.2. The quantitative estimate of drug-likeness (QED) is 0.229. The number of nitrogens with one attached hydrogen (secondary N) is 2. The number of carbonyl (C=O) groups is 5. The van der Waals surface area contributed by atoms with E-state index in [1.807, 2.05) is 43.0 Å². The molecule has 0 aliphatic carbocycles. The first kappa shape index (κ1) is 39.5. The lowest BCUT2D eigenvalue weighted by Crippen LogP contribution is -2.56. The maximum atomic E-state index is 15.0. The van der Waals surface area contributed by atoms with E-state index in [4.69, 9.17) is 27.9 Å². The van der Waals surface area contributed by atoms with Crippen LogP contribution in [0, 0.1) is 5.82 Å². The first-order valence-electron chi connectivity index (χ1n) is 18.0. The number of carbonyl (C=O) groups excluding carboxylic acids is 5. The molecule has 2 aromatic rings. The van der Waals surface area contributed by atoms with Gasteiger partial charge in [0.25, 0.3) is 0 Å². The maximum Gasteiger partial charge on any atom is 0.302 e. The second kappa shape index (κ2) is 17.4. The molecule has 4 amide bonds. The third kappa shape index (κ3) is 9.81. The average Bonchev–Trinajstić information content (AvgIpc) is 3.11. The molecule has 0 bridgehead atoms. The minimum absolute atomic E-state index is 0.0112. The predicted octanol–water partition coefficient (Wildman–Crippen LogP) is 5.50. The summed E-state index contributed by atoms with van der Waals surface area (Å²) in [6, 6.07) is 8.19. The highest BCUT2D eigenvalue weighted by atomic mass is 35.5. The predicted molar refractivity (Wildman–Crippen MR) is 196 cm³/mol. The molecule has 2 fully saturated rings. The van der Waals surface area contributed by atoms with Gasteiger partial charge in [-0.1, -0.05) is 47.5 Å². The summed E-state index contributed by atoms with van der Waals surface area (Å²) < 4.78 is 20.3. The van der Waals surface area contributed by atoms with E-state index in [-0.39, 0.29) is 77.4 Å². The Bertz CT molecular complexity index is 1670. The van der Waals surface area contributed by atoms with Crippen LogP contribution in [0.1, 0.15) is 83.3 Å². The summed E-state index contributed by atoms with van der Waals surface area (Å²) in [4.78, 5) is 72.0. The number of hydrogen-bond acceptors (Lipinski definition) is 7. The van der Waals surface area contributed by atoms with Crippen molar-refractivity contribution in [2.45, 2.75) is 109 Å². The average molecular weight is 761 g/mol. The van der Waals surface area contributed by atoms with Crippen LogP contribution >= 0.6 is 23.2 Å². The Morgan fingerprint density at radius 1 is 0.962 bits per heavy atom. The van der Waals surface area contributed by atoms with Crippen LogP contribution in [0.15, 0.2) is 36.4 Å². The van der Waals surface area contributed by atoms with E-state index < -0.39 is 29.7 Å². The second-order valence-electron chi connectivity index (χ2n) is 14.5. The molecule has 0 spiro atoms. The van der Waals surface area contributed by atoms with Gasteiger partial charge >= 0.3 is 5.97 Å². The molecule has 0 aromatic heterocycles. The molecular weight excluding hydrogens is 712 g/mol. The highest BCUT2D eigenvalue weighted by molar-refractivity contribution is 6.42. The van der Waals surface area contributed by atoms with Crippen LogP contribution in [0.5, 0.6) is 0 Å². The number of nitrogens with zero attached hydrogens (tertiary/aromatic N) is 3. The first-order chi connectivity index (χ1) is 24.7. The highest BCUT2D eigenvalue weighted by Gasteiger charge is 2.38. The molecule has 2 atom stereocenters. The lowest BCUT2D eigenvalue weighted by Gasteiger charge is -2.42. The zero-order chi connectivity index (χ0) is 37.6. The largest absolute Gasteiger partial charge is 0.462 e. The fraction of sp³-hybridized carbons (Fsp3) is 0.553. The summed E-state index contributed by atoms with van der Waals surface area (Å²) in [5.41, 5.74) is 1.35. The fourth-order valence-corrected chi connectivity index (χ4v) is 7.73. The lowest BCUT2D eigenvalue weighted by molar-refractivity contribution is -0.148. The number of anilines is 1. The summed E-state index contributed by atoms with van der Waals surface area (Å²) in [5.74, 6) is -2.84. The van der Waals surface area contributed by atoms with E-state index in [1.54, 1.807) is 0 Å². The molecule has 5 rings (SSSR count). The van der Waals surface area contributed by atoms with Gasteiger partial charge in [-0.05, 0) is 75.6 Å². The summed E-state index contributed by atoms with van der Waals surface area (Å²) in [6.07, 6.45) is 4.34. The molecule has 11 nitrogen and oxygen atoms in total. The van der Waals surface area contributed by atoms with Crippen molar-refractivity contribution < 1.29 is 33.1 Å². The molecule has 282 valence electrons. The Hall–Kier alpha value is -3.74. The Morgan fingerprint density at radius 3 is 2.35 bits per heavy atom. The molecular formula is C38H48Cl2FN5O6. The van der Waals surface area contributed by atoms with E-state index in [0.717, 1.165) is 30.4 Å². The lowest BCUT2D eigenvalue weighted by atomic mass is 9.90. The van der Waals surface area contributed by atoms with Gasteiger partial charge in [-0.2, -0.15) is 0 Å². The van der Waals surface area contributed by atoms with Gasteiger partial charge in [-0.25, -0.2) is 4.39 Å². The van der Waals surface area contributed by atoms with E-state index in [2.05, 4.69) is 15.5 Å². The number of rotatable bonds is 11. The van der Waals surface area contributed by atoms with Crippen molar-refractivity contribution in [2.24, 2.45) is 0 Å². The minimum Gasteiger partial charge on any atom is -0.462 e. The van der Waals surface area contributed by atoms with E-state index in [0.29, 0.717) is 39.0 Å². The first-order valence-corrected chi connectivity index (χ1v) is 18.8. The van der Waals surface area contributed by atoms with E-state index >= 15 is 0 Å². The van der Waals surface area contributed by atoms with Gasteiger partial charge in [0.15, 0.2) is 5.82 Å². The van der Waals surface area contributed by atoms with E-state index in [9.17, 15) is 28.4 Å². The number of esters is 1. The van der Waals surface area contributed by atoms with Crippen LogP contribution in [0.25, 0.3) is 0 Å². The van der Waals surface area contributed by atoms with Gasteiger partial charge < -0.3 is 30.1 Å². The van der Waals surface area contributed by atoms with Gasteiger partial charge in [0.05, 0.1) is 15.7 Å². The van der Waals surface area contributed by atoms with Crippen molar-refractivity contribution in [3.8, 4) is 0 Å². The number of piperidine rings is 2. The molecule has 3 aliphatic heterocycles. The number of amides is 4. The molecule has 2 N–H and O–H groups in total. The zero-order valence-electron chi connectivity index (χ0n) is 30.0. The summed E-state index contributed by atoms with van der Waals surface area (Å²) in [5, 5.41) is 5.07. The standard InChI is InChI=1S/C38H48Cl2FN5O6/c1-24(47)52-27-14-19-44(20-15-27)21-16-30(36(50)42-29-11-10-28(39)34(40)35(29)41)43-37(51)31-22-25-8-4-5-9-26(25)23-45(31)32(48)12-13-33(49)46-18-7-6-17-38(46,2)3/h4-5,8-11,27,30-31H,6-7,12-23H2,1-3H3,(H,42,50)(H,43,51). The molecule has 3 aliphatic rings. The van der Waals surface area contributed by atoms with Crippen molar-refractivity contribution in [3.05, 3.63) is 63.4 Å². The van der Waals surface area contributed by atoms with E-state index in [1.165, 1.54) is 24.0 Å². The smallest absolute Gasteiger partial charge is 0.302 e. The summed E-state index contributed by atoms with van der Waals surface area (Å²) in [6.45, 7) is 7.96. The van der Waals surface area contributed by atoms with Crippen LogP contribution < -0.4 is 10.6 Å². The van der Waals surface area contributed by atoms with Gasteiger partial charge in [-0.15, -0.1) is 0 Å². The number of halogens is 3. The molecule has 3 heterocycles. The fourth-order valence-electron chi connectivity index (χ4n) is 7.42. The number of ether oxygens (including phenoxy) is 1. The topological polar surface area (TPSA) is 128 Å². The SMILES string of the molecule is CC(=O)OC1CCN(CCC(NC(=O)C2Cc3ccccc3CN2C(=O)CCC(=O)N2CCCCC2(C)C)C(=O)Nc2ccc(Cl)c(Cl)c2F)CC1. The van der Waals surface area contributed by atoms with Crippen molar-refractivity contribution in [2.75, 3.05) is 31.5 Å². The molecule has 52 heavy (non-hydrogen) atoms. The van der Waals surface area contributed by atoms with Crippen LogP contribution in [0.3, 0.4) is 0 Å². The van der Waals surface area contributed by atoms with Crippen molar-refractivity contribution >= 4 is 58.5 Å².